The first-order chi connectivity index (χ1) is 16.6. The molecule has 2 aromatic carbocycles. The second kappa shape index (κ2) is 10.6. The van der Waals surface area contributed by atoms with E-state index in [4.69, 9.17) is 14.2 Å². The molecule has 0 spiro atoms. The minimum Gasteiger partial charge on any atom is -0.497 e. The average Bonchev–Trinajstić information content (AvgIpc) is 3.51. The molecule has 0 aliphatic carbocycles. The first-order valence-electron chi connectivity index (χ1n) is 11.0. The number of nitrogens with one attached hydrogen (secondary N) is 2. The maximum atomic E-state index is 12.7. The molecule has 1 amide bonds. The highest BCUT2D eigenvalue weighted by Gasteiger charge is 2.13. The molecule has 0 fully saturated rings. The number of H-pyrrole nitrogens is 1. The maximum Gasteiger partial charge on any atom is 0.273 e. The van der Waals surface area contributed by atoms with E-state index in [-0.39, 0.29) is 5.91 Å². The Kier molecular flexibility index (Phi) is 7.12. The van der Waals surface area contributed by atoms with Crippen LogP contribution in [0.25, 0.3) is 11.3 Å². The van der Waals surface area contributed by atoms with Crippen LogP contribution in [0.2, 0.25) is 0 Å². The van der Waals surface area contributed by atoms with E-state index in [1.165, 1.54) is 0 Å². The third-order valence-corrected chi connectivity index (χ3v) is 5.05. The lowest BCUT2D eigenvalue weighted by Crippen LogP contribution is -2.11. The fraction of sp³-hybridized carbons (Fsp3) is 0.240. The van der Waals surface area contributed by atoms with Gasteiger partial charge in [0, 0.05) is 11.8 Å². The number of carbonyl (C=O) groups excluding carboxylic acids is 1. The monoisotopic (exact) mass is 461 g/mol. The predicted octanol–water partition coefficient (Wildman–Crippen LogP) is 4.38. The smallest absolute Gasteiger partial charge is 0.273 e. The molecule has 9 nitrogen and oxygen atoms in total. The van der Waals surface area contributed by atoms with Gasteiger partial charge < -0.3 is 19.5 Å². The second-order valence-electron chi connectivity index (χ2n) is 7.42. The summed E-state index contributed by atoms with van der Waals surface area (Å²) < 4.78 is 18.2. The number of hydrogen-bond acceptors (Lipinski definition) is 6. The van der Waals surface area contributed by atoms with E-state index < -0.39 is 0 Å². The molecule has 0 unspecified atom stereocenters. The van der Waals surface area contributed by atoms with Gasteiger partial charge in [0.2, 0.25) is 0 Å². The first-order valence-corrected chi connectivity index (χ1v) is 11.0. The number of methoxy groups -OCH3 is 1. The zero-order valence-electron chi connectivity index (χ0n) is 19.4. The normalized spacial score (nSPS) is 10.7. The number of amides is 1. The molecule has 0 aliphatic rings. The summed E-state index contributed by atoms with van der Waals surface area (Å²) in [6.07, 6.45) is 3.38. The van der Waals surface area contributed by atoms with Crippen LogP contribution in [0.1, 0.15) is 29.9 Å². The maximum absolute atomic E-state index is 12.7. The Morgan fingerprint density at radius 3 is 2.53 bits per heavy atom. The molecule has 4 rings (SSSR count). The average molecular weight is 462 g/mol. The van der Waals surface area contributed by atoms with Crippen molar-refractivity contribution in [1.29, 1.82) is 0 Å². The summed E-state index contributed by atoms with van der Waals surface area (Å²) in [5, 5.41) is 14.2. The SMILES string of the molecule is CCOc1ccc(Cn2cc(NC(=O)c3cc(-c4ccc(OC)cc4)n[nH]3)cn2)cc1OCC. The summed E-state index contributed by atoms with van der Waals surface area (Å²) in [4.78, 5) is 12.7. The molecule has 0 atom stereocenters. The van der Waals surface area contributed by atoms with Crippen molar-refractivity contribution in [2.75, 3.05) is 25.6 Å². The lowest BCUT2D eigenvalue weighted by molar-refractivity contribution is 0.102. The van der Waals surface area contributed by atoms with Crippen molar-refractivity contribution in [2.24, 2.45) is 0 Å². The molecule has 2 aromatic heterocycles. The highest BCUT2D eigenvalue weighted by atomic mass is 16.5. The number of aromatic nitrogens is 4. The van der Waals surface area contributed by atoms with Gasteiger partial charge in [-0.25, -0.2) is 0 Å². The molecule has 4 aromatic rings. The molecule has 0 radical (unpaired) electrons. The first kappa shape index (κ1) is 22.9. The summed E-state index contributed by atoms with van der Waals surface area (Å²) in [5.74, 6) is 1.88. The predicted molar refractivity (Wildman–Crippen MR) is 129 cm³/mol. The Morgan fingerprint density at radius 2 is 1.79 bits per heavy atom. The summed E-state index contributed by atoms with van der Waals surface area (Å²) in [7, 11) is 1.62. The Morgan fingerprint density at radius 1 is 1.03 bits per heavy atom. The van der Waals surface area contributed by atoms with Crippen molar-refractivity contribution in [3.8, 4) is 28.5 Å². The van der Waals surface area contributed by atoms with Gasteiger partial charge >= 0.3 is 0 Å². The number of benzene rings is 2. The molecule has 0 saturated carbocycles. The van der Waals surface area contributed by atoms with E-state index in [9.17, 15) is 4.79 Å². The van der Waals surface area contributed by atoms with Crippen LogP contribution in [0, 0.1) is 0 Å². The van der Waals surface area contributed by atoms with Crippen LogP contribution in [-0.2, 0) is 6.54 Å². The Hall–Kier alpha value is -4.27. The van der Waals surface area contributed by atoms with Gasteiger partial charge in [0.1, 0.15) is 11.4 Å². The van der Waals surface area contributed by atoms with Gasteiger partial charge in [-0.15, -0.1) is 0 Å². The standard InChI is InChI=1S/C25H27N5O4/c1-4-33-23-11-6-17(12-24(23)34-5-2)15-30-16-19(14-26-30)27-25(31)22-13-21(28-29-22)18-7-9-20(32-3)10-8-18/h6-14,16H,4-5,15H2,1-3H3,(H,27,31)(H,28,29). The molecule has 0 bridgehead atoms. The summed E-state index contributed by atoms with van der Waals surface area (Å²) in [6.45, 7) is 5.51. The lowest BCUT2D eigenvalue weighted by Gasteiger charge is -2.12. The van der Waals surface area contributed by atoms with Gasteiger partial charge in [-0.1, -0.05) is 6.07 Å². The van der Waals surface area contributed by atoms with E-state index in [1.54, 1.807) is 30.3 Å². The zero-order chi connectivity index (χ0) is 23.9. The largest absolute Gasteiger partial charge is 0.497 e. The van der Waals surface area contributed by atoms with Crippen molar-refractivity contribution < 1.29 is 19.0 Å². The van der Waals surface area contributed by atoms with Gasteiger partial charge in [0.25, 0.3) is 5.91 Å². The summed E-state index contributed by atoms with van der Waals surface area (Å²) in [5.41, 5.74) is 3.49. The van der Waals surface area contributed by atoms with E-state index >= 15 is 0 Å². The zero-order valence-corrected chi connectivity index (χ0v) is 19.4. The lowest BCUT2D eigenvalue weighted by atomic mass is 10.1. The van der Waals surface area contributed by atoms with Crippen molar-refractivity contribution in [1.82, 2.24) is 20.0 Å². The highest BCUT2D eigenvalue weighted by Crippen LogP contribution is 2.29. The van der Waals surface area contributed by atoms with Crippen LogP contribution in [0.5, 0.6) is 17.2 Å². The molecule has 0 saturated heterocycles. The molecule has 34 heavy (non-hydrogen) atoms. The van der Waals surface area contributed by atoms with Gasteiger partial charge in [0.15, 0.2) is 11.5 Å². The van der Waals surface area contributed by atoms with Gasteiger partial charge in [-0.3, -0.25) is 14.6 Å². The second-order valence-corrected chi connectivity index (χ2v) is 7.42. The number of ether oxygens (including phenoxy) is 3. The number of rotatable bonds is 10. The minimum absolute atomic E-state index is 0.300. The third-order valence-electron chi connectivity index (χ3n) is 5.05. The quantitative estimate of drug-likeness (QED) is 0.363. The Bertz CT molecular complexity index is 1250. The Labute approximate surface area is 197 Å². The van der Waals surface area contributed by atoms with Gasteiger partial charge in [-0.2, -0.15) is 10.2 Å². The van der Waals surface area contributed by atoms with E-state index in [0.717, 1.165) is 22.6 Å². The van der Waals surface area contributed by atoms with E-state index in [0.29, 0.717) is 42.6 Å². The number of nitrogens with zero attached hydrogens (tertiary/aromatic N) is 3. The van der Waals surface area contributed by atoms with Crippen molar-refractivity contribution in [2.45, 2.75) is 20.4 Å². The van der Waals surface area contributed by atoms with Crippen LogP contribution >= 0.6 is 0 Å². The molecule has 9 heteroatoms. The molecular weight excluding hydrogens is 434 g/mol. The van der Waals surface area contributed by atoms with Crippen molar-refractivity contribution in [3.05, 3.63) is 72.2 Å². The van der Waals surface area contributed by atoms with Crippen molar-refractivity contribution in [3.63, 3.8) is 0 Å². The molecular formula is C25H27N5O4. The molecule has 2 N–H and O–H groups in total. The molecule has 176 valence electrons. The minimum atomic E-state index is -0.300. The third kappa shape index (κ3) is 5.37. The summed E-state index contributed by atoms with van der Waals surface area (Å²) in [6, 6.07) is 15.0. The van der Waals surface area contributed by atoms with Crippen LogP contribution in [0.15, 0.2) is 60.9 Å². The van der Waals surface area contributed by atoms with Gasteiger partial charge in [-0.05, 0) is 61.9 Å². The van der Waals surface area contributed by atoms with Gasteiger partial charge in [0.05, 0.1) is 44.4 Å². The fourth-order valence-electron chi connectivity index (χ4n) is 3.44. The highest BCUT2D eigenvalue weighted by molar-refractivity contribution is 6.03. The van der Waals surface area contributed by atoms with Crippen molar-refractivity contribution >= 4 is 11.6 Å². The number of carbonyl (C=O) groups is 1. The van der Waals surface area contributed by atoms with E-state index in [1.807, 2.05) is 56.3 Å². The number of aromatic amines is 1. The van der Waals surface area contributed by atoms with Crippen LogP contribution in [0.4, 0.5) is 5.69 Å². The van der Waals surface area contributed by atoms with Crippen LogP contribution in [-0.4, -0.2) is 46.2 Å². The number of anilines is 1. The Balaban J connectivity index is 1.40. The molecule has 2 heterocycles. The molecule has 0 aliphatic heterocycles. The summed E-state index contributed by atoms with van der Waals surface area (Å²) >= 11 is 0. The topological polar surface area (TPSA) is 103 Å². The van der Waals surface area contributed by atoms with E-state index in [2.05, 4.69) is 20.6 Å². The fourth-order valence-corrected chi connectivity index (χ4v) is 3.44. The van der Waals surface area contributed by atoms with Crippen LogP contribution in [0.3, 0.4) is 0 Å². The number of hydrogen-bond donors (Lipinski definition) is 2. The van der Waals surface area contributed by atoms with Crippen LogP contribution < -0.4 is 19.5 Å².